The normalized spacial score (nSPS) is 9.86. The van der Waals surface area contributed by atoms with Crippen molar-refractivity contribution >= 4 is 11.6 Å². The van der Waals surface area contributed by atoms with E-state index in [2.05, 4.69) is 15.6 Å². The second kappa shape index (κ2) is 5.36. The third-order valence-corrected chi connectivity index (χ3v) is 1.68. The zero-order chi connectivity index (χ0) is 10.4. The van der Waals surface area contributed by atoms with Crippen LogP contribution in [0.15, 0.2) is 24.3 Å². The summed E-state index contributed by atoms with van der Waals surface area (Å²) >= 11 is 0. The van der Waals surface area contributed by atoms with Gasteiger partial charge >= 0.3 is 0 Å². The minimum absolute atomic E-state index is 0.127. The molecule has 0 radical (unpaired) electrons. The van der Waals surface area contributed by atoms with Crippen LogP contribution in [0.3, 0.4) is 0 Å². The summed E-state index contributed by atoms with van der Waals surface area (Å²) in [5, 5.41) is 2.74. The molecular weight excluding hydrogens is 180 g/mol. The molecule has 0 aromatic heterocycles. The topological polar surface area (TPSA) is 50.4 Å². The Bertz CT molecular complexity index is 313. The minimum atomic E-state index is -0.127. The molecule has 1 rings (SSSR count). The molecule has 0 aliphatic rings. The average Bonchev–Trinajstić information content (AvgIpc) is 2.15. The smallest absolute Gasteiger partial charge is 0.240 e. The van der Waals surface area contributed by atoms with Crippen molar-refractivity contribution in [1.29, 1.82) is 0 Å². The van der Waals surface area contributed by atoms with Crippen molar-refractivity contribution in [3.05, 3.63) is 29.8 Å². The SMILES string of the molecule is CONCC(=O)Nc1cccc(C)c1. The number of anilines is 1. The third kappa shape index (κ3) is 3.55. The van der Waals surface area contributed by atoms with Gasteiger partial charge in [-0.3, -0.25) is 4.79 Å². The van der Waals surface area contributed by atoms with Gasteiger partial charge in [0.2, 0.25) is 5.91 Å². The number of hydrogen-bond acceptors (Lipinski definition) is 3. The van der Waals surface area contributed by atoms with E-state index in [0.29, 0.717) is 0 Å². The molecule has 0 unspecified atom stereocenters. The fraction of sp³-hybridized carbons (Fsp3) is 0.300. The van der Waals surface area contributed by atoms with Crippen LogP contribution in [0.5, 0.6) is 0 Å². The van der Waals surface area contributed by atoms with Crippen LogP contribution in [0.25, 0.3) is 0 Å². The predicted molar refractivity (Wildman–Crippen MR) is 54.8 cm³/mol. The van der Waals surface area contributed by atoms with Gasteiger partial charge < -0.3 is 10.2 Å². The van der Waals surface area contributed by atoms with Gasteiger partial charge in [-0.1, -0.05) is 12.1 Å². The molecular formula is C10H14N2O2. The van der Waals surface area contributed by atoms with Gasteiger partial charge in [-0.2, -0.15) is 5.48 Å². The number of rotatable bonds is 4. The fourth-order valence-corrected chi connectivity index (χ4v) is 1.07. The number of hydrogen-bond donors (Lipinski definition) is 2. The van der Waals surface area contributed by atoms with Gasteiger partial charge in [-0.05, 0) is 24.6 Å². The molecule has 4 nitrogen and oxygen atoms in total. The lowest BCUT2D eigenvalue weighted by molar-refractivity contribution is -0.117. The van der Waals surface area contributed by atoms with Crippen LogP contribution >= 0.6 is 0 Å². The van der Waals surface area contributed by atoms with E-state index in [1.807, 2.05) is 31.2 Å². The minimum Gasteiger partial charge on any atom is -0.325 e. The first-order valence-electron chi connectivity index (χ1n) is 4.34. The molecule has 0 atom stereocenters. The second-order valence-electron chi connectivity index (χ2n) is 2.94. The Hall–Kier alpha value is -1.39. The van der Waals surface area contributed by atoms with Crippen molar-refractivity contribution < 1.29 is 9.63 Å². The molecule has 0 aliphatic heterocycles. The Balaban J connectivity index is 2.47. The number of aryl methyl sites for hydroxylation is 1. The Labute approximate surface area is 83.2 Å². The van der Waals surface area contributed by atoms with Crippen molar-refractivity contribution in [3.8, 4) is 0 Å². The van der Waals surface area contributed by atoms with Crippen LogP contribution in [-0.2, 0) is 9.63 Å². The summed E-state index contributed by atoms with van der Waals surface area (Å²) in [5.41, 5.74) is 4.38. The highest BCUT2D eigenvalue weighted by molar-refractivity contribution is 5.92. The van der Waals surface area contributed by atoms with Crippen molar-refractivity contribution in [2.75, 3.05) is 19.0 Å². The van der Waals surface area contributed by atoms with E-state index in [9.17, 15) is 4.79 Å². The molecule has 4 heteroatoms. The summed E-state index contributed by atoms with van der Waals surface area (Å²) in [6, 6.07) is 7.63. The van der Waals surface area contributed by atoms with E-state index in [-0.39, 0.29) is 12.5 Å². The van der Waals surface area contributed by atoms with Crippen LogP contribution in [0.4, 0.5) is 5.69 Å². The zero-order valence-corrected chi connectivity index (χ0v) is 8.33. The molecule has 0 heterocycles. The summed E-state index contributed by atoms with van der Waals surface area (Å²) in [6.45, 7) is 2.12. The summed E-state index contributed by atoms with van der Waals surface area (Å²) in [4.78, 5) is 15.8. The lowest BCUT2D eigenvalue weighted by atomic mass is 10.2. The molecule has 1 amide bonds. The van der Waals surface area contributed by atoms with Crippen molar-refractivity contribution in [3.63, 3.8) is 0 Å². The number of carbonyl (C=O) groups excluding carboxylic acids is 1. The number of carbonyl (C=O) groups is 1. The van der Waals surface area contributed by atoms with Gasteiger partial charge in [-0.15, -0.1) is 0 Å². The molecule has 0 saturated carbocycles. The highest BCUT2D eigenvalue weighted by Crippen LogP contribution is 2.08. The molecule has 0 spiro atoms. The maximum atomic E-state index is 11.2. The first-order valence-corrected chi connectivity index (χ1v) is 4.34. The van der Waals surface area contributed by atoms with Gasteiger partial charge in [0.1, 0.15) is 6.54 Å². The fourth-order valence-electron chi connectivity index (χ4n) is 1.07. The molecule has 0 aliphatic carbocycles. The van der Waals surface area contributed by atoms with E-state index in [0.717, 1.165) is 11.3 Å². The van der Waals surface area contributed by atoms with E-state index >= 15 is 0 Å². The molecule has 76 valence electrons. The second-order valence-corrected chi connectivity index (χ2v) is 2.94. The van der Waals surface area contributed by atoms with Crippen LogP contribution in [-0.4, -0.2) is 19.6 Å². The maximum absolute atomic E-state index is 11.2. The molecule has 14 heavy (non-hydrogen) atoms. The van der Waals surface area contributed by atoms with Crippen LogP contribution in [0.1, 0.15) is 5.56 Å². The number of hydroxylamine groups is 1. The molecule has 2 N–H and O–H groups in total. The molecule has 0 bridgehead atoms. The van der Waals surface area contributed by atoms with Gasteiger partial charge in [0.05, 0.1) is 7.11 Å². The van der Waals surface area contributed by atoms with Crippen LogP contribution < -0.4 is 10.8 Å². The van der Waals surface area contributed by atoms with E-state index in [1.165, 1.54) is 7.11 Å². The van der Waals surface area contributed by atoms with E-state index < -0.39 is 0 Å². The largest absolute Gasteiger partial charge is 0.325 e. The van der Waals surface area contributed by atoms with Gasteiger partial charge in [0.25, 0.3) is 0 Å². The molecule has 1 aromatic carbocycles. The zero-order valence-electron chi connectivity index (χ0n) is 8.33. The Morgan fingerprint density at radius 2 is 2.29 bits per heavy atom. The van der Waals surface area contributed by atoms with Crippen LogP contribution in [0, 0.1) is 6.92 Å². The van der Waals surface area contributed by atoms with Gasteiger partial charge in [0, 0.05) is 5.69 Å². The first-order chi connectivity index (χ1) is 6.72. The highest BCUT2D eigenvalue weighted by atomic mass is 16.6. The highest BCUT2D eigenvalue weighted by Gasteiger charge is 2.00. The van der Waals surface area contributed by atoms with Crippen molar-refractivity contribution in [1.82, 2.24) is 5.48 Å². The summed E-state index contributed by atoms with van der Waals surface area (Å²) in [5.74, 6) is -0.127. The quantitative estimate of drug-likeness (QED) is 0.705. The van der Waals surface area contributed by atoms with E-state index in [4.69, 9.17) is 0 Å². The van der Waals surface area contributed by atoms with Crippen LogP contribution in [0.2, 0.25) is 0 Å². The Morgan fingerprint density at radius 3 is 2.93 bits per heavy atom. The van der Waals surface area contributed by atoms with Gasteiger partial charge in [0.15, 0.2) is 0 Å². The first kappa shape index (κ1) is 10.7. The summed E-state index contributed by atoms with van der Waals surface area (Å²) < 4.78 is 0. The average molecular weight is 194 g/mol. The summed E-state index contributed by atoms with van der Waals surface area (Å²) in [7, 11) is 1.47. The van der Waals surface area contributed by atoms with E-state index in [1.54, 1.807) is 0 Å². The van der Waals surface area contributed by atoms with Crippen molar-refractivity contribution in [2.45, 2.75) is 6.92 Å². The maximum Gasteiger partial charge on any atom is 0.240 e. The molecule has 0 fully saturated rings. The number of benzene rings is 1. The lowest BCUT2D eigenvalue weighted by Crippen LogP contribution is -2.27. The third-order valence-electron chi connectivity index (χ3n) is 1.68. The van der Waals surface area contributed by atoms with Gasteiger partial charge in [-0.25, -0.2) is 0 Å². The number of nitrogens with one attached hydrogen (secondary N) is 2. The number of amides is 1. The molecule has 1 aromatic rings. The van der Waals surface area contributed by atoms with Crippen molar-refractivity contribution in [2.24, 2.45) is 0 Å². The standard InChI is InChI=1S/C10H14N2O2/c1-8-4-3-5-9(6-8)12-10(13)7-11-14-2/h3-6,11H,7H2,1-2H3,(H,12,13). The Kier molecular flexibility index (Phi) is 4.10. The lowest BCUT2D eigenvalue weighted by Gasteiger charge is -2.05. The Morgan fingerprint density at radius 1 is 1.50 bits per heavy atom. The summed E-state index contributed by atoms with van der Waals surface area (Å²) in [6.07, 6.45) is 0. The monoisotopic (exact) mass is 194 g/mol. The predicted octanol–water partition coefficient (Wildman–Crippen LogP) is 1.08. The molecule has 0 saturated heterocycles.